The van der Waals surface area contributed by atoms with Crippen LogP contribution < -0.4 is 5.32 Å². The van der Waals surface area contributed by atoms with Crippen LogP contribution in [0.15, 0.2) is 58.3 Å². The first kappa shape index (κ1) is 15.8. The SMILES string of the molecule is Cc1coc(Cn2nc(C)c3cc(NC4=NCc5cccnc54)ccc32)c1. The van der Waals surface area contributed by atoms with Crippen molar-refractivity contribution in [1.82, 2.24) is 14.8 Å². The summed E-state index contributed by atoms with van der Waals surface area (Å²) in [6.07, 6.45) is 3.57. The van der Waals surface area contributed by atoms with E-state index in [-0.39, 0.29) is 0 Å². The number of anilines is 1. The lowest BCUT2D eigenvalue weighted by molar-refractivity contribution is 0.483. The van der Waals surface area contributed by atoms with Crippen LogP contribution in [0.3, 0.4) is 0 Å². The number of aryl methyl sites for hydroxylation is 2. The monoisotopic (exact) mass is 357 g/mol. The molecule has 27 heavy (non-hydrogen) atoms. The van der Waals surface area contributed by atoms with Crippen LogP contribution in [0.25, 0.3) is 10.9 Å². The van der Waals surface area contributed by atoms with Crippen molar-refractivity contribution in [2.24, 2.45) is 4.99 Å². The van der Waals surface area contributed by atoms with Crippen molar-refractivity contribution >= 4 is 22.4 Å². The zero-order valence-corrected chi connectivity index (χ0v) is 15.2. The zero-order valence-electron chi connectivity index (χ0n) is 15.2. The molecule has 0 saturated carbocycles. The van der Waals surface area contributed by atoms with Gasteiger partial charge < -0.3 is 9.73 Å². The second-order valence-corrected chi connectivity index (χ2v) is 6.87. The molecule has 134 valence electrons. The fraction of sp³-hybridized carbons (Fsp3) is 0.190. The first-order valence-electron chi connectivity index (χ1n) is 8.94. The maximum atomic E-state index is 5.58. The Balaban J connectivity index is 1.45. The van der Waals surface area contributed by atoms with E-state index >= 15 is 0 Å². The number of rotatable bonds is 3. The average molecular weight is 357 g/mol. The van der Waals surface area contributed by atoms with Crippen molar-refractivity contribution in [3.8, 4) is 0 Å². The quantitative estimate of drug-likeness (QED) is 0.600. The molecular formula is C21H19N5O. The summed E-state index contributed by atoms with van der Waals surface area (Å²) in [5.41, 5.74) is 6.26. The van der Waals surface area contributed by atoms with Gasteiger partial charge in [0.25, 0.3) is 0 Å². The van der Waals surface area contributed by atoms with Crippen LogP contribution >= 0.6 is 0 Å². The van der Waals surface area contributed by atoms with E-state index in [0.717, 1.165) is 50.7 Å². The van der Waals surface area contributed by atoms with E-state index in [1.54, 1.807) is 12.5 Å². The highest BCUT2D eigenvalue weighted by molar-refractivity contribution is 6.09. The van der Waals surface area contributed by atoms with Gasteiger partial charge in [0.15, 0.2) is 5.84 Å². The molecule has 0 unspecified atom stereocenters. The lowest BCUT2D eigenvalue weighted by Gasteiger charge is -2.07. The Morgan fingerprint density at radius 3 is 2.96 bits per heavy atom. The normalized spacial score (nSPS) is 13.0. The van der Waals surface area contributed by atoms with Crippen LogP contribution in [0.4, 0.5) is 5.69 Å². The number of hydrogen-bond acceptors (Lipinski definition) is 5. The molecule has 6 nitrogen and oxygen atoms in total. The fourth-order valence-electron chi connectivity index (χ4n) is 3.51. The number of nitrogens with zero attached hydrogens (tertiary/aromatic N) is 4. The first-order valence-corrected chi connectivity index (χ1v) is 8.94. The minimum Gasteiger partial charge on any atom is -0.467 e. The molecule has 0 aliphatic carbocycles. The van der Waals surface area contributed by atoms with E-state index < -0.39 is 0 Å². The molecule has 4 heterocycles. The summed E-state index contributed by atoms with van der Waals surface area (Å²) < 4.78 is 7.56. The summed E-state index contributed by atoms with van der Waals surface area (Å²) in [5.74, 6) is 1.73. The molecule has 1 aromatic carbocycles. The Labute approximate surface area is 156 Å². The molecule has 0 amide bonds. The average Bonchev–Trinajstić information content (AvgIpc) is 3.35. The summed E-state index contributed by atoms with van der Waals surface area (Å²) in [7, 11) is 0. The van der Waals surface area contributed by atoms with Crippen molar-refractivity contribution in [2.75, 3.05) is 5.32 Å². The smallest absolute Gasteiger partial charge is 0.152 e. The van der Waals surface area contributed by atoms with Crippen LogP contribution in [-0.2, 0) is 13.1 Å². The number of pyridine rings is 1. The van der Waals surface area contributed by atoms with Crippen LogP contribution in [0, 0.1) is 13.8 Å². The summed E-state index contributed by atoms with van der Waals surface area (Å²) in [5, 5.41) is 9.21. The summed E-state index contributed by atoms with van der Waals surface area (Å²) in [6, 6.07) is 12.3. The standard InChI is InChI=1S/C21H19N5O/c1-13-8-17(27-12-13)11-26-19-6-5-16(9-18(19)14(2)25-26)24-21-20-15(10-23-21)4-3-7-22-20/h3-9,12H,10-11H2,1-2H3,(H,23,24). The van der Waals surface area contributed by atoms with E-state index in [4.69, 9.17) is 4.42 Å². The molecule has 1 aliphatic rings. The molecule has 1 aliphatic heterocycles. The topological polar surface area (TPSA) is 68.2 Å². The minimum absolute atomic E-state index is 0.620. The van der Waals surface area contributed by atoms with Crippen molar-refractivity contribution in [3.05, 3.63) is 77.1 Å². The number of furan rings is 1. The maximum absolute atomic E-state index is 5.58. The van der Waals surface area contributed by atoms with Gasteiger partial charge in [-0.25, -0.2) is 0 Å². The molecule has 4 aromatic rings. The molecule has 0 spiro atoms. The number of aliphatic imine (C=N–C) groups is 1. The van der Waals surface area contributed by atoms with Gasteiger partial charge in [0, 0.05) is 22.8 Å². The molecule has 0 bridgehead atoms. The Hall–Kier alpha value is -3.41. The predicted molar refractivity (Wildman–Crippen MR) is 105 cm³/mol. The van der Waals surface area contributed by atoms with Gasteiger partial charge in [-0.3, -0.25) is 14.7 Å². The highest BCUT2D eigenvalue weighted by Crippen LogP contribution is 2.25. The summed E-state index contributed by atoms with van der Waals surface area (Å²) in [6.45, 7) is 5.35. The number of nitrogens with one attached hydrogen (secondary N) is 1. The Bertz CT molecular complexity index is 1180. The van der Waals surface area contributed by atoms with Gasteiger partial charge in [-0.2, -0.15) is 5.10 Å². The number of aromatic nitrogens is 3. The van der Waals surface area contributed by atoms with E-state index in [1.807, 2.05) is 30.7 Å². The van der Waals surface area contributed by atoms with Gasteiger partial charge in [-0.05, 0) is 49.7 Å². The van der Waals surface area contributed by atoms with Gasteiger partial charge >= 0.3 is 0 Å². The number of amidine groups is 1. The van der Waals surface area contributed by atoms with Crippen molar-refractivity contribution in [2.45, 2.75) is 26.9 Å². The number of hydrogen-bond donors (Lipinski definition) is 1. The molecular weight excluding hydrogens is 338 g/mol. The second-order valence-electron chi connectivity index (χ2n) is 6.87. The fourth-order valence-corrected chi connectivity index (χ4v) is 3.51. The minimum atomic E-state index is 0.620. The van der Waals surface area contributed by atoms with Crippen molar-refractivity contribution in [3.63, 3.8) is 0 Å². The van der Waals surface area contributed by atoms with Gasteiger partial charge in [-0.1, -0.05) is 6.07 Å². The molecule has 0 fully saturated rings. The van der Waals surface area contributed by atoms with Gasteiger partial charge in [0.2, 0.25) is 0 Å². The lowest BCUT2D eigenvalue weighted by atomic mass is 10.2. The maximum Gasteiger partial charge on any atom is 0.152 e. The van der Waals surface area contributed by atoms with Crippen molar-refractivity contribution in [1.29, 1.82) is 0 Å². The molecule has 6 heteroatoms. The summed E-state index contributed by atoms with van der Waals surface area (Å²) >= 11 is 0. The van der Waals surface area contributed by atoms with E-state index in [9.17, 15) is 0 Å². The van der Waals surface area contributed by atoms with E-state index in [0.29, 0.717) is 13.1 Å². The summed E-state index contributed by atoms with van der Waals surface area (Å²) in [4.78, 5) is 9.02. The predicted octanol–water partition coefficient (Wildman–Crippen LogP) is 4.06. The van der Waals surface area contributed by atoms with Crippen LogP contribution in [-0.4, -0.2) is 20.6 Å². The molecule has 0 radical (unpaired) electrons. The Morgan fingerprint density at radius 1 is 1.19 bits per heavy atom. The molecule has 3 aromatic heterocycles. The Kier molecular flexibility index (Phi) is 3.57. The largest absolute Gasteiger partial charge is 0.467 e. The van der Waals surface area contributed by atoms with Crippen molar-refractivity contribution < 1.29 is 4.42 Å². The molecule has 0 saturated heterocycles. The highest BCUT2D eigenvalue weighted by atomic mass is 16.3. The molecule has 5 rings (SSSR count). The molecule has 1 N–H and O–H groups in total. The zero-order chi connectivity index (χ0) is 18.4. The third-order valence-corrected chi connectivity index (χ3v) is 4.81. The first-order chi connectivity index (χ1) is 13.2. The number of fused-ring (bicyclic) bond motifs is 2. The Morgan fingerprint density at radius 2 is 2.11 bits per heavy atom. The van der Waals surface area contributed by atoms with Gasteiger partial charge in [0.05, 0.1) is 30.6 Å². The van der Waals surface area contributed by atoms with Crippen LogP contribution in [0.1, 0.15) is 28.3 Å². The van der Waals surface area contributed by atoms with Crippen LogP contribution in [0.2, 0.25) is 0 Å². The third kappa shape index (κ3) is 2.79. The second kappa shape index (κ2) is 6.09. The van der Waals surface area contributed by atoms with E-state index in [2.05, 4.69) is 44.7 Å². The number of benzene rings is 1. The third-order valence-electron chi connectivity index (χ3n) is 4.81. The van der Waals surface area contributed by atoms with Crippen LogP contribution in [0.5, 0.6) is 0 Å². The van der Waals surface area contributed by atoms with Gasteiger partial charge in [0.1, 0.15) is 11.5 Å². The highest BCUT2D eigenvalue weighted by Gasteiger charge is 2.17. The van der Waals surface area contributed by atoms with E-state index in [1.165, 1.54) is 0 Å². The molecule has 0 atom stereocenters. The van der Waals surface area contributed by atoms with Gasteiger partial charge in [-0.15, -0.1) is 0 Å². The lowest BCUT2D eigenvalue weighted by Crippen LogP contribution is -2.13.